The average molecular weight is 284 g/mol. The molecule has 5 heteroatoms. The Balaban J connectivity index is 1.53. The van der Waals surface area contributed by atoms with Gasteiger partial charge in [-0.3, -0.25) is 4.79 Å². The molecule has 0 unspecified atom stereocenters. The number of rotatable bonds is 2. The van der Waals surface area contributed by atoms with Crippen molar-refractivity contribution in [3.63, 3.8) is 0 Å². The Labute approximate surface area is 124 Å². The molecule has 110 valence electrons. The second-order valence-electron chi connectivity index (χ2n) is 6.26. The molecule has 2 aromatic heterocycles. The lowest BCUT2D eigenvalue weighted by molar-refractivity contribution is 0.0617. The van der Waals surface area contributed by atoms with Gasteiger partial charge >= 0.3 is 0 Å². The molecule has 0 saturated carbocycles. The highest BCUT2D eigenvalue weighted by atomic mass is 16.2. The molecular weight excluding hydrogens is 264 g/mol. The van der Waals surface area contributed by atoms with Gasteiger partial charge in [0.15, 0.2) is 0 Å². The number of hydrogen-bond donors (Lipinski definition) is 1. The van der Waals surface area contributed by atoms with Gasteiger partial charge in [0.1, 0.15) is 12.0 Å². The molecule has 5 heterocycles. The predicted octanol–water partition coefficient (Wildman–Crippen LogP) is 1.47. The SMILES string of the molecule is Cc1ccc2cc(C(=O)N[C@H]3CN4CCC3CC4)ncn12. The molecule has 0 aliphatic carbocycles. The van der Waals surface area contributed by atoms with Crippen LogP contribution in [0.1, 0.15) is 29.0 Å². The van der Waals surface area contributed by atoms with Gasteiger partial charge in [-0.15, -0.1) is 0 Å². The summed E-state index contributed by atoms with van der Waals surface area (Å²) in [7, 11) is 0. The number of fused-ring (bicyclic) bond motifs is 4. The summed E-state index contributed by atoms with van der Waals surface area (Å²) in [5.41, 5.74) is 2.65. The van der Waals surface area contributed by atoms with Crippen molar-refractivity contribution < 1.29 is 4.79 Å². The molecule has 2 bridgehead atoms. The van der Waals surface area contributed by atoms with Gasteiger partial charge in [-0.2, -0.15) is 0 Å². The summed E-state index contributed by atoms with van der Waals surface area (Å²) in [6.07, 6.45) is 4.14. The summed E-state index contributed by atoms with van der Waals surface area (Å²) in [4.78, 5) is 19.2. The van der Waals surface area contributed by atoms with Crippen LogP contribution in [0.25, 0.3) is 5.52 Å². The third-order valence-corrected chi connectivity index (χ3v) is 4.96. The minimum Gasteiger partial charge on any atom is -0.346 e. The monoisotopic (exact) mass is 284 g/mol. The Kier molecular flexibility index (Phi) is 2.96. The fourth-order valence-electron chi connectivity index (χ4n) is 3.64. The van der Waals surface area contributed by atoms with Crippen LogP contribution >= 0.6 is 0 Å². The summed E-state index contributed by atoms with van der Waals surface area (Å²) >= 11 is 0. The Morgan fingerprint density at radius 3 is 2.86 bits per heavy atom. The summed E-state index contributed by atoms with van der Waals surface area (Å²) < 4.78 is 1.99. The molecule has 0 radical (unpaired) electrons. The van der Waals surface area contributed by atoms with Crippen molar-refractivity contribution >= 4 is 11.4 Å². The Morgan fingerprint density at radius 1 is 1.33 bits per heavy atom. The molecule has 3 saturated heterocycles. The standard InChI is InChI=1S/C16H20N4O/c1-11-2-3-13-8-14(17-10-20(11)13)16(21)18-15-9-19-6-4-12(15)5-7-19/h2-3,8,10,12,15H,4-7,9H2,1H3,(H,18,21)/t15-/m0/s1. The van der Waals surface area contributed by atoms with Gasteiger partial charge in [0, 0.05) is 23.8 Å². The second kappa shape index (κ2) is 4.84. The first-order chi connectivity index (χ1) is 10.2. The van der Waals surface area contributed by atoms with Crippen molar-refractivity contribution in [3.05, 3.63) is 35.9 Å². The molecule has 0 spiro atoms. The molecule has 5 nitrogen and oxygen atoms in total. The number of carbonyl (C=O) groups is 1. The van der Waals surface area contributed by atoms with Crippen LogP contribution < -0.4 is 5.32 Å². The van der Waals surface area contributed by atoms with E-state index in [1.165, 1.54) is 25.9 Å². The zero-order valence-corrected chi connectivity index (χ0v) is 12.2. The minimum absolute atomic E-state index is 0.0462. The van der Waals surface area contributed by atoms with Crippen LogP contribution in [0.15, 0.2) is 24.5 Å². The van der Waals surface area contributed by atoms with Crippen molar-refractivity contribution in [1.82, 2.24) is 19.6 Å². The molecule has 2 aromatic rings. The highest BCUT2D eigenvalue weighted by molar-refractivity contribution is 5.93. The average Bonchev–Trinajstić information content (AvgIpc) is 2.89. The maximum atomic E-state index is 12.4. The summed E-state index contributed by atoms with van der Waals surface area (Å²) in [5, 5.41) is 3.19. The highest BCUT2D eigenvalue weighted by Crippen LogP contribution is 2.27. The van der Waals surface area contributed by atoms with E-state index in [4.69, 9.17) is 0 Å². The normalized spacial score (nSPS) is 28.0. The number of piperidine rings is 3. The second-order valence-corrected chi connectivity index (χ2v) is 6.26. The molecule has 0 aromatic carbocycles. The molecule has 3 aliphatic rings. The van der Waals surface area contributed by atoms with E-state index < -0.39 is 0 Å². The van der Waals surface area contributed by atoms with E-state index in [9.17, 15) is 4.79 Å². The van der Waals surface area contributed by atoms with Crippen LogP contribution in [0.5, 0.6) is 0 Å². The van der Waals surface area contributed by atoms with E-state index in [1.54, 1.807) is 6.33 Å². The van der Waals surface area contributed by atoms with Gasteiger partial charge in [-0.05, 0) is 57.0 Å². The first-order valence-corrected chi connectivity index (χ1v) is 7.67. The third-order valence-electron chi connectivity index (χ3n) is 4.96. The largest absolute Gasteiger partial charge is 0.346 e. The van der Waals surface area contributed by atoms with Gasteiger partial charge < -0.3 is 14.6 Å². The molecular formula is C16H20N4O. The van der Waals surface area contributed by atoms with Crippen LogP contribution in [0, 0.1) is 12.8 Å². The lowest BCUT2D eigenvalue weighted by Gasteiger charge is -2.44. The van der Waals surface area contributed by atoms with Gasteiger partial charge in [0.25, 0.3) is 5.91 Å². The number of aromatic nitrogens is 2. The van der Waals surface area contributed by atoms with Crippen molar-refractivity contribution in [2.24, 2.45) is 5.92 Å². The number of amides is 1. The minimum atomic E-state index is -0.0462. The van der Waals surface area contributed by atoms with Gasteiger partial charge in [0.05, 0.1) is 0 Å². The summed E-state index contributed by atoms with van der Waals surface area (Å²) in [6, 6.07) is 6.20. The van der Waals surface area contributed by atoms with Crippen LogP contribution in [-0.2, 0) is 0 Å². The zero-order valence-electron chi connectivity index (χ0n) is 12.2. The molecule has 3 aliphatic heterocycles. The van der Waals surface area contributed by atoms with E-state index in [0.29, 0.717) is 11.6 Å². The zero-order chi connectivity index (χ0) is 14.4. The smallest absolute Gasteiger partial charge is 0.270 e. The topological polar surface area (TPSA) is 49.6 Å². The van der Waals surface area contributed by atoms with E-state index in [2.05, 4.69) is 15.2 Å². The highest BCUT2D eigenvalue weighted by Gasteiger charge is 2.35. The van der Waals surface area contributed by atoms with Crippen molar-refractivity contribution in [3.8, 4) is 0 Å². The van der Waals surface area contributed by atoms with Gasteiger partial charge in [-0.1, -0.05) is 0 Å². The number of hydrogen-bond acceptors (Lipinski definition) is 3. The van der Waals surface area contributed by atoms with Crippen LogP contribution in [0.2, 0.25) is 0 Å². The number of nitrogens with zero attached hydrogens (tertiary/aromatic N) is 3. The molecule has 1 N–H and O–H groups in total. The number of nitrogens with one attached hydrogen (secondary N) is 1. The van der Waals surface area contributed by atoms with E-state index in [-0.39, 0.29) is 11.9 Å². The number of aryl methyl sites for hydroxylation is 1. The van der Waals surface area contributed by atoms with E-state index >= 15 is 0 Å². The lowest BCUT2D eigenvalue weighted by atomic mass is 9.84. The Morgan fingerprint density at radius 2 is 2.14 bits per heavy atom. The van der Waals surface area contributed by atoms with Gasteiger partial charge in [-0.25, -0.2) is 4.98 Å². The maximum Gasteiger partial charge on any atom is 0.270 e. The van der Waals surface area contributed by atoms with Crippen LogP contribution in [0.3, 0.4) is 0 Å². The first-order valence-electron chi connectivity index (χ1n) is 7.67. The quantitative estimate of drug-likeness (QED) is 0.908. The van der Waals surface area contributed by atoms with Crippen molar-refractivity contribution in [2.75, 3.05) is 19.6 Å². The first kappa shape index (κ1) is 12.8. The molecule has 21 heavy (non-hydrogen) atoms. The van der Waals surface area contributed by atoms with Crippen LogP contribution in [-0.4, -0.2) is 45.9 Å². The summed E-state index contributed by atoms with van der Waals surface area (Å²) in [5.74, 6) is 0.591. The summed E-state index contributed by atoms with van der Waals surface area (Å²) in [6.45, 7) is 5.39. The van der Waals surface area contributed by atoms with Gasteiger partial charge in [0.2, 0.25) is 0 Å². The fraction of sp³-hybridized carbons (Fsp3) is 0.500. The Hall–Kier alpha value is -1.88. The maximum absolute atomic E-state index is 12.4. The van der Waals surface area contributed by atoms with Crippen molar-refractivity contribution in [1.29, 1.82) is 0 Å². The van der Waals surface area contributed by atoms with Crippen molar-refractivity contribution in [2.45, 2.75) is 25.8 Å². The number of carbonyl (C=O) groups excluding carboxylic acids is 1. The van der Waals surface area contributed by atoms with E-state index in [0.717, 1.165) is 17.8 Å². The lowest BCUT2D eigenvalue weighted by Crippen LogP contribution is -2.57. The van der Waals surface area contributed by atoms with Crippen LogP contribution in [0.4, 0.5) is 0 Å². The Bertz CT molecular complexity index is 685. The third kappa shape index (κ3) is 2.21. The molecule has 1 atom stereocenters. The van der Waals surface area contributed by atoms with E-state index in [1.807, 2.05) is 29.5 Å². The molecule has 1 amide bonds. The molecule has 5 rings (SSSR count). The predicted molar refractivity (Wildman–Crippen MR) is 80.3 cm³/mol. The fourth-order valence-corrected chi connectivity index (χ4v) is 3.64. The molecule has 3 fully saturated rings.